The molecule has 3 heteroatoms. The lowest BCUT2D eigenvalue weighted by atomic mass is 9.68. The molecule has 2 atom stereocenters. The zero-order valence-corrected chi connectivity index (χ0v) is 13.6. The predicted molar refractivity (Wildman–Crippen MR) is 81.6 cm³/mol. The summed E-state index contributed by atoms with van der Waals surface area (Å²) in [5.41, 5.74) is 2.63. The number of hydrogen-bond donors (Lipinski definition) is 0. The highest BCUT2D eigenvalue weighted by molar-refractivity contribution is 5.82. The Kier molecular flexibility index (Phi) is 4.36. The minimum Gasteiger partial charge on any atom is -0.299 e. The van der Waals surface area contributed by atoms with E-state index < -0.39 is 0 Å². The van der Waals surface area contributed by atoms with Crippen LogP contribution in [0, 0.1) is 17.3 Å². The van der Waals surface area contributed by atoms with Crippen molar-refractivity contribution >= 4 is 5.78 Å². The average molecular weight is 276 g/mol. The first kappa shape index (κ1) is 15.3. The number of aromatic nitrogens is 2. The minimum atomic E-state index is 0.188. The van der Waals surface area contributed by atoms with Crippen molar-refractivity contribution in [2.75, 3.05) is 0 Å². The molecule has 3 nitrogen and oxygen atoms in total. The minimum absolute atomic E-state index is 0.188. The van der Waals surface area contributed by atoms with E-state index in [9.17, 15) is 4.79 Å². The Morgan fingerprint density at radius 2 is 2.10 bits per heavy atom. The van der Waals surface area contributed by atoms with E-state index in [0.29, 0.717) is 17.1 Å². The second kappa shape index (κ2) is 5.71. The molecule has 0 aromatic carbocycles. The third-order valence-corrected chi connectivity index (χ3v) is 4.83. The first-order chi connectivity index (χ1) is 9.31. The summed E-state index contributed by atoms with van der Waals surface area (Å²) in [6.45, 7) is 9.00. The van der Waals surface area contributed by atoms with Gasteiger partial charge in [-0.15, -0.1) is 0 Å². The van der Waals surface area contributed by atoms with Crippen LogP contribution in [0.3, 0.4) is 0 Å². The third-order valence-electron chi connectivity index (χ3n) is 4.83. The van der Waals surface area contributed by atoms with Gasteiger partial charge in [-0.05, 0) is 43.1 Å². The van der Waals surface area contributed by atoms with Crippen LogP contribution in [-0.2, 0) is 24.7 Å². The number of carbonyl (C=O) groups is 1. The first-order valence-electron chi connectivity index (χ1n) is 7.85. The highest BCUT2D eigenvalue weighted by atomic mass is 16.1. The number of hydrogen-bond acceptors (Lipinski definition) is 2. The van der Waals surface area contributed by atoms with Crippen molar-refractivity contribution in [3.05, 3.63) is 17.5 Å². The summed E-state index contributed by atoms with van der Waals surface area (Å²) >= 11 is 0. The van der Waals surface area contributed by atoms with Crippen LogP contribution < -0.4 is 0 Å². The average Bonchev–Trinajstić information content (AvgIpc) is 2.71. The molecule has 1 aliphatic rings. The van der Waals surface area contributed by atoms with Gasteiger partial charge in [-0.3, -0.25) is 9.48 Å². The van der Waals surface area contributed by atoms with Crippen molar-refractivity contribution < 1.29 is 4.79 Å². The molecule has 0 bridgehead atoms. The predicted octanol–water partition coefficient (Wildman–Crippen LogP) is 3.56. The number of nitrogens with zero attached hydrogens (tertiary/aromatic N) is 2. The van der Waals surface area contributed by atoms with Gasteiger partial charge in [0.2, 0.25) is 0 Å². The molecule has 0 N–H and O–H groups in total. The van der Waals surface area contributed by atoms with E-state index in [2.05, 4.69) is 38.9 Å². The van der Waals surface area contributed by atoms with Crippen LogP contribution in [0.5, 0.6) is 0 Å². The summed E-state index contributed by atoms with van der Waals surface area (Å²) < 4.78 is 1.95. The fraction of sp³-hybridized carbons (Fsp3) is 0.765. The second-order valence-electron chi connectivity index (χ2n) is 7.31. The number of Topliss-reactive ketones (excluding diaryl/α,β-unsaturated/α-hetero) is 1. The fourth-order valence-corrected chi connectivity index (χ4v) is 3.28. The topological polar surface area (TPSA) is 34.9 Å². The van der Waals surface area contributed by atoms with Crippen molar-refractivity contribution in [3.63, 3.8) is 0 Å². The van der Waals surface area contributed by atoms with Crippen LogP contribution in [0.4, 0.5) is 0 Å². The van der Waals surface area contributed by atoms with E-state index in [1.165, 1.54) is 5.69 Å². The molecule has 2 rings (SSSR count). The molecule has 2 unspecified atom stereocenters. The molecule has 0 saturated heterocycles. The molecule has 1 aromatic rings. The van der Waals surface area contributed by atoms with Crippen LogP contribution >= 0.6 is 0 Å². The standard InChI is InChI=1S/C17H28N2O/c1-6-14-11-15(19(5)18-14)10-12-9-13(17(2,3)4)7-8-16(12)20/h11-13H,6-10H2,1-5H3. The molecule has 1 aromatic heterocycles. The maximum Gasteiger partial charge on any atom is 0.136 e. The van der Waals surface area contributed by atoms with E-state index in [1.54, 1.807) is 0 Å². The van der Waals surface area contributed by atoms with Gasteiger partial charge < -0.3 is 0 Å². The Bertz CT molecular complexity index is 482. The zero-order chi connectivity index (χ0) is 14.9. The van der Waals surface area contributed by atoms with Crippen LogP contribution in [-0.4, -0.2) is 15.6 Å². The summed E-state index contributed by atoms with van der Waals surface area (Å²) in [5, 5.41) is 4.49. The number of carbonyl (C=O) groups excluding carboxylic acids is 1. The summed E-state index contributed by atoms with van der Waals surface area (Å²) in [4.78, 5) is 12.2. The highest BCUT2D eigenvalue weighted by Crippen LogP contribution is 2.39. The van der Waals surface area contributed by atoms with Crippen molar-refractivity contribution in [1.82, 2.24) is 9.78 Å². The van der Waals surface area contributed by atoms with Crippen LogP contribution in [0.25, 0.3) is 0 Å². The second-order valence-corrected chi connectivity index (χ2v) is 7.31. The molecular formula is C17H28N2O. The molecule has 0 amide bonds. The van der Waals surface area contributed by atoms with Crippen molar-refractivity contribution in [2.24, 2.45) is 24.3 Å². The van der Waals surface area contributed by atoms with Crippen molar-refractivity contribution in [3.8, 4) is 0 Å². The van der Waals surface area contributed by atoms with E-state index in [1.807, 2.05) is 11.7 Å². The lowest BCUT2D eigenvalue weighted by Gasteiger charge is -2.37. The SMILES string of the molecule is CCc1cc(CC2CC(C(C)(C)C)CCC2=O)n(C)n1. The molecule has 0 radical (unpaired) electrons. The lowest BCUT2D eigenvalue weighted by Crippen LogP contribution is -2.33. The smallest absolute Gasteiger partial charge is 0.136 e. The zero-order valence-electron chi connectivity index (χ0n) is 13.6. The molecule has 1 heterocycles. The Labute approximate surface area is 122 Å². The molecule has 112 valence electrons. The number of aryl methyl sites for hydroxylation is 2. The first-order valence-corrected chi connectivity index (χ1v) is 7.85. The van der Waals surface area contributed by atoms with Gasteiger partial charge in [-0.2, -0.15) is 5.10 Å². The monoisotopic (exact) mass is 276 g/mol. The lowest BCUT2D eigenvalue weighted by molar-refractivity contribution is -0.126. The molecule has 1 fully saturated rings. The van der Waals surface area contributed by atoms with E-state index in [4.69, 9.17) is 0 Å². The van der Waals surface area contributed by atoms with E-state index >= 15 is 0 Å². The molecule has 0 aliphatic heterocycles. The number of rotatable bonds is 3. The van der Waals surface area contributed by atoms with Gasteiger partial charge in [-0.25, -0.2) is 0 Å². The van der Waals surface area contributed by atoms with Gasteiger partial charge in [0.15, 0.2) is 0 Å². The normalized spacial score (nSPS) is 24.1. The van der Waals surface area contributed by atoms with E-state index in [0.717, 1.165) is 37.8 Å². The Balaban J connectivity index is 2.10. The summed E-state index contributed by atoms with van der Waals surface area (Å²) in [6.07, 6.45) is 4.66. The summed E-state index contributed by atoms with van der Waals surface area (Å²) in [6, 6.07) is 2.16. The molecule has 0 spiro atoms. The van der Waals surface area contributed by atoms with Gasteiger partial charge in [0, 0.05) is 25.1 Å². The molecule has 20 heavy (non-hydrogen) atoms. The molecule has 1 saturated carbocycles. The van der Waals surface area contributed by atoms with Gasteiger partial charge >= 0.3 is 0 Å². The van der Waals surface area contributed by atoms with Crippen LogP contribution in [0.15, 0.2) is 6.07 Å². The number of ketones is 1. The Hall–Kier alpha value is -1.12. The Morgan fingerprint density at radius 1 is 1.40 bits per heavy atom. The van der Waals surface area contributed by atoms with Crippen LogP contribution in [0.2, 0.25) is 0 Å². The van der Waals surface area contributed by atoms with Gasteiger partial charge in [0.25, 0.3) is 0 Å². The maximum absolute atomic E-state index is 12.2. The Morgan fingerprint density at radius 3 is 2.65 bits per heavy atom. The third kappa shape index (κ3) is 3.31. The quantitative estimate of drug-likeness (QED) is 0.846. The molecule has 1 aliphatic carbocycles. The van der Waals surface area contributed by atoms with Gasteiger partial charge in [0.1, 0.15) is 5.78 Å². The summed E-state index contributed by atoms with van der Waals surface area (Å²) in [5.74, 6) is 1.29. The van der Waals surface area contributed by atoms with Crippen molar-refractivity contribution in [2.45, 2.75) is 59.8 Å². The van der Waals surface area contributed by atoms with Crippen molar-refractivity contribution in [1.29, 1.82) is 0 Å². The summed E-state index contributed by atoms with van der Waals surface area (Å²) in [7, 11) is 1.99. The molecular weight excluding hydrogens is 248 g/mol. The largest absolute Gasteiger partial charge is 0.299 e. The van der Waals surface area contributed by atoms with Crippen LogP contribution in [0.1, 0.15) is 58.3 Å². The van der Waals surface area contributed by atoms with Gasteiger partial charge in [-0.1, -0.05) is 27.7 Å². The van der Waals surface area contributed by atoms with Gasteiger partial charge in [0.05, 0.1) is 5.69 Å². The maximum atomic E-state index is 12.2. The fourth-order valence-electron chi connectivity index (χ4n) is 3.28. The highest BCUT2D eigenvalue weighted by Gasteiger charge is 2.35. The van der Waals surface area contributed by atoms with E-state index in [-0.39, 0.29) is 5.92 Å².